The molecule has 0 rings (SSSR count). The number of aliphatic carboxylic acids is 4. The van der Waals surface area contributed by atoms with Crippen molar-refractivity contribution in [1.29, 1.82) is 0 Å². The molecule has 2 radical (unpaired) electrons. The first kappa shape index (κ1) is 41.8. The van der Waals surface area contributed by atoms with Crippen LogP contribution in [0.15, 0.2) is 0 Å². The second-order valence-corrected chi connectivity index (χ2v) is 5.00. The van der Waals surface area contributed by atoms with Crippen LogP contribution < -0.4 is 20.4 Å². The van der Waals surface area contributed by atoms with E-state index < -0.39 is 49.6 Å². The third-order valence-corrected chi connectivity index (χ3v) is 1.57. The molecule has 0 aromatic carbocycles. The van der Waals surface area contributed by atoms with Crippen LogP contribution in [-0.2, 0) is 71.9 Å². The Kier molecular flexibility index (Phi) is 37.1. The number of Topliss-reactive ketones (excluding diaryl/α,β-unsaturated/α-hetero) is 4. The topological polar surface area (TPSA) is 229 Å². The molecule has 0 aliphatic rings. The monoisotopic (exact) mass is 522 g/mol. The first-order valence-corrected chi connectivity index (χ1v) is 7.28. The molecule has 0 aliphatic heterocycles. The predicted octanol–water partition coefficient (Wildman–Crippen LogP) is -5.14. The summed E-state index contributed by atoms with van der Waals surface area (Å²) in [5, 5.41) is 37.9. The standard InChI is InChI=1S/4C4H6O3.2Co/c4*1-3(5)2-4(6)7;;/h4*2H2,1H3,(H,6,7);;/q;;;;2*+2/p-4. The van der Waals surface area contributed by atoms with Crippen LogP contribution >= 0.6 is 0 Å². The Morgan fingerprint density at radius 3 is 0.500 bits per heavy atom. The maximum atomic E-state index is 9.83. The van der Waals surface area contributed by atoms with Crippen LogP contribution in [0.3, 0.4) is 0 Å². The van der Waals surface area contributed by atoms with Gasteiger partial charge >= 0.3 is 33.6 Å². The molecule has 0 fully saturated rings. The number of rotatable bonds is 8. The maximum absolute atomic E-state index is 9.83. The minimum absolute atomic E-state index is 0. The smallest absolute Gasteiger partial charge is 0.550 e. The average molecular weight is 522 g/mol. The summed E-state index contributed by atoms with van der Waals surface area (Å²) in [5.41, 5.74) is 0. The largest absolute Gasteiger partial charge is 2.00 e. The van der Waals surface area contributed by atoms with E-state index in [1.54, 1.807) is 0 Å². The van der Waals surface area contributed by atoms with Gasteiger partial charge in [0.1, 0.15) is 23.1 Å². The van der Waals surface area contributed by atoms with E-state index in [0.717, 1.165) is 0 Å². The van der Waals surface area contributed by atoms with Gasteiger partial charge in [0.15, 0.2) is 0 Å². The molecular formula is C16H20Co2O12. The fourth-order valence-electron chi connectivity index (χ4n) is 0.813. The van der Waals surface area contributed by atoms with Crippen molar-refractivity contribution in [3.05, 3.63) is 0 Å². The van der Waals surface area contributed by atoms with Gasteiger partial charge in [-0.25, -0.2) is 0 Å². The quantitative estimate of drug-likeness (QED) is 0.273. The first-order chi connectivity index (χ1) is 12.5. The number of carboxylic acid groups (broad SMARTS) is 4. The molecular weight excluding hydrogens is 502 g/mol. The van der Waals surface area contributed by atoms with E-state index in [-0.39, 0.29) is 56.7 Å². The number of hydrogen-bond acceptors (Lipinski definition) is 12. The Morgan fingerprint density at radius 2 is 0.500 bits per heavy atom. The van der Waals surface area contributed by atoms with Gasteiger partial charge in [-0.2, -0.15) is 0 Å². The van der Waals surface area contributed by atoms with Gasteiger partial charge in [0.25, 0.3) is 0 Å². The molecule has 0 aromatic heterocycles. The minimum Gasteiger partial charge on any atom is -0.550 e. The van der Waals surface area contributed by atoms with Gasteiger partial charge in [0.05, 0.1) is 0 Å². The van der Waals surface area contributed by atoms with Crippen LogP contribution in [0, 0.1) is 0 Å². The second kappa shape index (κ2) is 26.6. The number of carbonyl (C=O) groups is 8. The van der Waals surface area contributed by atoms with Crippen molar-refractivity contribution in [2.45, 2.75) is 53.4 Å². The van der Waals surface area contributed by atoms with Crippen LogP contribution in [0.1, 0.15) is 53.4 Å². The number of ketones is 4. The molecule has 0 saturated heterocycles. The number of carboxylic acids is 4. The Balaban J connectivity index is -0.0000000626. The molecule has 12 nitrogen and oxygen atoms in total. The van der Waals surface area contributed by atoms with Crippen molar-refractivity contribution in [2.24, 2.45) is 0 Å². The van der Waals surface area contributed by atoms with Gasteiger partial charge in [-0.05, 0) is 27.7 Å². The fraction of sp³-hybridized carbons (Fsp3) is 0.500. The summed E-state index contributed by atoms with van der Waals surface area (Å²) in [6.45, 7) is 4.82. The van der Waals surface area contributed by atoms with Gasteiger partial charge in [0, 0.05) is 49.6 Å². The van der Waals surface area contributed by atoms with E-state index in [0.29, 0.717) is 0 Å². The summed E-state index contributed by atoms with van der Waals surface area (Å²) >= 11 is 0. The zero-order valence-electron chi connectivity index (χ0n) is 16.4. The Hall–Kier alpha value is -2.43. The SMILES string of the molecule is CC(=O)CC(=O)[O-].CC(=O)CC(=O)[O-].CC(=O)CC(=O)[O-].CC(=O)CC(=O)[O-].[Co+2].[Co+2]. The molecule has 0 bridgehead atoms. The third-order valence-electron chi connectivity index (χ3n) is 1.57. The molecule has 0 atom stereocenters. The Bertz CT molecular complexity index is 447. The van der Waals surface area contributed by atoms with Crippen molar-refractivity contribution in [3.63, 3.8) is 0 Å². The van der Waals surface area contributed by atoms with Crippen LogP contribution in [-0.4, -0.2) is 47.0 Å². The van der Waals surface area contributed by atoms with Gasteiger partial charge in [-0.3, -0.25) is 19.2 Å². The molecule has 0 aliphatic carbocycles. The van der Waals surface area contributed by atoms with E-state index in [4.69, 9.17) is 0 Å². The van der Waals surface area contributed by atoms with E-state index in [1.165, 1.54) is 27.7 Å². The van der Waals surface area contributed by atoms with Crippen molar-refractivity contribution in [3.8, 4) is 0 Å². The summed E-state index contributed by atoms with van der Waals surface area (Å²) in [7, 11) is 0. The average Bonchev–Trinajstić information content (AvgIpc) is 2.32. The molecule has 0 saturated carbocycles. The summed E-state index contributed by atoms with van der Waals surface area (Å²) in [6.07, 6.45) is -1.89. The van der Waals surface area contributed by atoms with Gasteiger partial charge in [-0.15, -0.1) is 0 Å². The molecule has 0 unspecified atom stereocenters. The minimum atomic E-state index is -1.31. The van der Waals surface area contributed by atoms with Gasteiger partial charge in [0.2, 0.25) is 0 Å². The van der Waals surface area contributed by atoms with Crippen LogP contribution in [0.4, 0.5) is 0 Å². The van der Waals surface area contributed by atoms with Crippen LogP contribution in [0.5, 0.6) is 0 Å². The molecule has 0 N–H and O–H groups in total. The van der Waals surface area contributed by atoms with Crippen LogP contribution in [0.2, 0.25) is 0 Å². The van der Waals surface area contributed by atoms with Crippen molar-refractivity contribution in [2.75, 3.05) is 0 Å². The summed E-state index contributed by atoms with van der Waals surface area (Å²) in [4.78, 5) is 77.2. The molecule has 0 heterocycles. The summed E-state index contributed by atoms with van der Waals surface area (Å²) in [5.74, 6) is -6.75. The first-order valence-electron chi connectivity index (χ1n) is 7.28. The van der Waals surface area contributed by atoms with Crippen molar-refractivity contribution < 1.29 is 92.3 Å². The van der Waals surface area contributed by atoms with E-state index >= 15 is 0 Å². The van der Waals surface area contributed by atoms with Gasteiger partial charge < -0.3 is 39.6 Å². The van der Waals surface area contributed by atoms with Crippen LogP contribution in [0.25, 0.3) is 0 Å². The summed E-state index contributed by atoms with van der Waals surface area (Å²) < 4.78 is 0. The normalized spacial score (nSPS) is 7.60. The fourth-order valence-corrected chi connectivity index (χ4v) is 0.813. The maximum Gasteiger partial charge on any atom is 2.00 e. The molecule has 14 heteroatoms. The molecule has 0 amide bonds. The molecule has 0 aromatic rings. The van der Waals surface area contributed by atoms with E-state index in [2.05, 4.69) is 0 Å². The van der Waals surface area contributed by atoms with Crippen molar-refractivity contribution in [1.82, 2.24) is 0 Å². The zero-order valence-corrected chi connectivity index (χ0v) is 18.5. The van der Waals surface area contributed by atoms with Gasteiger partial charge in [-0.1, -0.05) is 0 Å². The number of hydrogen-bond donors (Lipinski definition) is 0. The Labute approximate surface area is 192 Å². The second-order valence-electron chi connectivity index (χ2n) is 5.00. The van der Waals surface area contributed by atoms with Crippen molar-refractivity contribution >= 4 is 47.0 Å². The zero-order chi connectivity index (χ0) is 23.4. The number of carbonyl (C=O) groups excluding carboxylic acids is 8. The molecule has 0 spiro atoms. The van der Waals surface area contributed by atoms with E-state index in [1.807, 2.05) is 0 Å². The molecule has 30 heavy (non-hydrogen) atoms. The summed E-state index contributed by atoms with van der Waals surface area (Å²) in [6, 6.07) is 0. The third kappa shape index (κ3) is 83.8. The predicted molar refractivity (Wildman–Crippen MR) is 81.2 cm³/mol. The molecule has 174 valence electrons. The van der Waals surface area contributed by atoms with E-state index in [9.17, 15) is 58.8 Å². The Morgan fingerprint density at radius 1 is 0.400 bits per heavy atom.